The molecule has 0 spiro atoms. The van der Waals surface area contributed by atoms with E-state index in [-0.39, 0.29) is 5.00 Å². The summed E-state index contributed by atoms with van der Waals surface area (Å²) in [6.07, 6.45) is 3.21. The Morgan fingerprint density at radius 1 is 1.41 bits per heavy atom. The molecule has 0 radical (unpaired) electrons. The summed E-state index contributed by atoms with van der Waals surface area (Å²) in [4.78, 5) is 14.0. The molecule has 90 valence electrons. The Labute approximate surface area is 109 Å². The van der Waals surface area contributed by atoms with Crippen LogP contribution in [0, 0.1) is 10.1 Å². The second kappa shape index (κ2) is 5.52. The van der Waals surface area contributed by atoms with Crippen LogP contribution in [0.3, 0.4) is 0 Å². The van der Waals surface area contributed by atoms with Crippen molar-refractivity contribution in [2.24, 2.45) is 0 Å². The first-order valence-electron chi connectivity index (χ1n) is 4.79. The molecule has 0 saturated carbocycles. The Kier molecular flexibility index (Phi) is 4.02. The summed E-state index contributed by atoms with van der Waals surface area (Å²) in [6.45, 7) is 2.08. The monoisotopic (exact) mass is 288 g/mol. The van der Waals surface area contributed by atoms with Crippen LogP contribution in [0.1, 0.15) is 18.4 Å². The number of nitro groups is 1. The molecule has 0 aliphatic heterocycles. The Bertz CT molecular complexity index is 524. The molecule has 0 unspecified atom stereocenters. The summed E-state index contributed by atoms with van der Waals surface area (Å²) in [5.74, 6) is 0. The fourth-order valence-corrected chi connectivity index (χ4v) is 4.03. The molecule has 0 aromatic carbocycles. The van der Waals surface area contributed by atoms with Gasteiger partial charge in [-0.3, -0.25) is 10.1 Å². The highest BCUT2D eigenvalue weighted by Gasteiger charge is 2.14. The second-order valence-corrected chi connectivity index (χ2v) is 6.60. The fraction of sp³-hybridized carbons (Fsp3) is 0.375. The first kappa shape index (κ1) is 12.4. The molecule has 2 aromatic heterocycles. The van der Waals surface area contributed by atoms with Crippen molar-refractivity contribution in [1.29, 1.82) is 0 Å². The third-order valence-corrected chi connectivity index (χ3v) is 4.80. The molecule has 0 fully saturated rings. The van der Waals surface area contributed by atoms with E-state index in [9.17, 15) is 10.1 Å². The lowest BCUT2D eigenvalue weighted by atomic mass is 10.4. The zero-order valence-corrected chi connectivity index (χ0v) is 11.3. The first-order valence-corrected chi connectivity index (χ1v) is 7.24. The van der Waals surface area contributed by atoms with E-state index >= 15 is 0 Å². The molecule has 2 aromatic rings. The fourth-order valence-electron chi connectivity index (χ4n) is 1.05. The normalized spacial score (nSPS) is 10.6. The molecule has 2 rings (SSSR count). The van der Waals surface area contributed by atoms with Crippen molar-refractivity contribution >= 4 is 39.4 Å². The van der Waals surface area contributed by atoms with Gasteiger partial charge in [-0.25, -0.2) is 4.98 Å². The SMILES string of the molecule is CCCc1nnc(Sc2ncc([N+](=O)[O-])s2)s1. The van der Waals surface area contributed by atoms with Crippen LogP contribution in [0.5, 0.6) is 0 Å². The summed E-state index contributed by atoms with van der Waals surface area (Å²) < 4.78 is 1.40. The molecule has 6 nitrogen and oxygen atoms in total. The van der Waals surface area contributed by atoms with Gasteiger partial charge in [0.2, 0.25) is 0 Å². The highest BCUT2D eigenvalue weighted by atomic mass is 32.2. The number of aryl methyl sites for hydroxylation is 1. The van der Waals surface area contributed by atoms with E-state index in [2.05, 4.69) is 22.1 Å². The minimum absolute atomic E-state index is 0.0470. The molecule has 2 heterocycles. The molecule has 0 aliphatic carbocycles. The molecule has 0 amide bonds. The number of thiazole rings is 1. The molecular weight excluding hydrogens is 280 g/mol. The Morgan fingerprint density at radius 2 is 2.24 bits per heavy atom. The largest absolute Gasteiger partial charge is 0.344 e. The van der Waals surface area contributed by atoms with Gasteiger partial charge in [0.05, 0.1) is 4.92 Å². The average molecular weight is 288 g/mol. The summed E-state index contributed by atoms with van der Waals surface area (Å²) in [5.41, 5.74) is 0. The van der Waals surface area contributed by atoms with Gasteiger partial charge < -0.3 is 0 Å². The maximum absolute atomic E-state index is 10.5. The average Bonchev–Trinajstić information content (AvgIpc) is 2.89. The number of aromatic nitrogens is 3. The van der Waals surface area contributed by atoms with Gasteiger partial charge in [0.15, 0.2) is 8.68 Å². The van der Waals surface area contributed by atoms with E-state index in [1.54, 1.807) is 0 Å². The third-order valence-electron chi connectivity index (χ3n) is 1.74. The number of hydrogen-bond donors (Lipinski definition) is 0. The van der Waals surface area contributed by atoms with E-state index in [0.29, 0.717) is 4.34 Å². The number of nitrogens with zero attached hydrogens (tertiary/aromatic N) is 4. The van der Waals surface area contributed by atoms with Crippen molar-refractivity contribution in [2.75, 3.05) is 0 Å². The summed E-state index contributed by atoms with van der Waals surface area (Å²) >= 11 is 3.88. The smallest absolute Gasteiger partial charge is 0.257 e. The van der Waals surface area contributed by atoms with Crippen molar-refractivity contribution in [1.82, 2.24) is 15.2 Å². The summed E-state index contributed by atoms with van der Waals surface area (Å²) in [7, 11) is 0. The maximum Gasteiger partial charge on any atom is 0.344 e. The predicted octanol–water partition coefficient (Wildman–Crippen LogP) is 3.01. The summed E-state index contributed by atoms with van der Waals surface area (Å²) in [5, 5.41) is 19.6. The minimum Gasteiger partial charge on any atom is -0.257 e. The van der Waals surface area contributed by atoms with Crippen LogP contribution in [0.15, 0.2) is 14.9 Å². The Balaban J connectivity index is 2.05. The van der Waals surface area contributed by atoms with E-state index in [1.807, 2.05) is 0 Å². The van der Waals surface area contributed by atoms with E-state index < -0.39 is 4.92 Å². The molecule has 9 heteroatoms. The van der Waals surface area contributed by atoms with Gasteiger partial charge >= 0.3 is 5.00 Å². The van der Waals surface area contributed by atoms with E-state index in [1.165, 1.54) is 29.3 Å². The lowest BCUT2D eigenvalue weighted by molar-refractivity contribution is -0.380. The van der Waals surface area contributed by atoms with Gasteiger partial charge in [0, 0.05) is 6.42 Å². The zero-order valence-electron chi connectivity index (χ0n) is 8.82. The van der Waals surface area contributed by atoms with E-state index in [4.69, 9.17) is 0 Å². The molecule has 0 aliphatic rings. The zero-order chi connectivity index (χ0) is 12.3. The lowest BCUT2D eigenvalue weighted by Crippen LogP contribution is -1.80. The minimum atomic E-state index is -0.440. The highest BCUT2D eigenvalue weighted by molar-refractivity contribution is 8.02. The Morgan fingerprint density at radius 3 is 2.88 bits per heavy atom. The first-order chi connectivity index (χ1) is 8.19. The third kappa shape index (κ3) is 3.20. The van der Waals surface area contributed by atoms with Crippen molar-refractivity contribution in [3.8, 4) is 0 Å². The molecule has 0 bridgehead atoms. The maximum atomic E-state index is 10.5. The molecule has 17 heavy (non-hydrogen) atoms. The standard InChI is InChI=1S/C8H8N4O2S3/c1-2-3-5-10-11-8(15-5)17-7-9-4-6(16-7)12(13)14/h4H,2-3H2,1H3. The molecule has 0 saturated heterocycles. The van der Waals surface area contributed by atoms with Gasteiger partial charge in [-0.2, -0.15) is 0 Å². The Hall–Kier alpha value is -1.06. The van der Waals surface area contributed by atoms with Crippen LogP contribution in [-0.2, 0) is 6.42 Å². The van der Waals surface area contributed by atoms with Crippen molar-refractivity contribution < 1.29 is 4.92 Å². The molecule has 0 N–H and O–H groups in total. The molecular formula is C8H8N4O2S3. The number of rotatable bonds is 5. The number of hydrogen-bond acceptors (Lipinski definition) is 8. The second-order valence-electron chi connectivity index (χ2n) is 3.04. The van der Waals surface area contributed by atoms with Gasteiger partial charge in [-0.15, -0.1) is 10.2 Å². The summed E-state index contributed by atoms with van der Waals surface area (Å²) in [6, 6.07) is 0. The van der Waals surface area contributed by atoms with Crippen LogP contribution >= 0.6 is 34.4 Å². The van der Waals surface area contributed by atoms with Gasteiger partial charge in [0.1, 0.15) is 11.2 Å². The van der Waals surface area contributed by atoms with Crippen LogP contribution in [0.4, 0.5) is 5.00 Å². The molecule has 0 atom stereocenters. The quantitative estimate of drug-likeness (QED) is 0.621. The van der Waals surface area contributed by atoms with Crippen LogP contribution in [0.25, 0.3) is 0 Å². The van der Waals surface area contributed by atoms with Crippen molar-refractivity contribution in [3.05, 3.63) is 21.3 Å². The van der Waals surface area contributed by atoms with Crippen molar-refractivity contribution in [2.45, 2.75) is 28.4 Å². The topological polar surface area (TPSA) is 81.8 Å². The van der Waals surface area contributed by atoms with Crippen LogP contribution < -0.4 is 0 Å². The van der Waals surface area contributed by atoms with Crippen molar-refractivity contribution in [3.63, 3.8) is 0 Å². The van der Waals surface area contributed by atoms with Gasteiger partial charge in [-0.05, 0) is 29.5 Å². The predicted molar refractivity (Wildman–Crippen MR) is 66.8 cm³/mol. The van der Waals surface area contributed by atoms with Crippen LogP contribution in [-0.4, -0.2) is 20.1 Å². The van der Waals surface area contributed by atoms with Gasteiger partial charge in [0.25, 0.3) is 0 Å². The highest BCUT2D eigenvalue weighted by Crippen LogP contribution is 2.35. The van der Waals surface area contributed by atoms with Gasteiger partial charge in [-0.1, -0.05) is 18.3 Å². The van der Waals surface area contributed by atoms with E-state index in [0.717, 1.165) is 33.5 Å². The lowest BCUT2D eigenvalue weighted by Gasteiger charge is -1.87. The van der Waals surface area contributed by atoms with Crippen LogP contribution in [0.2, 0.25) is 0 Å².